The Balaban J connectivity index is 1.25. The van der Waals surface area contributed by atoms with Gasteiger partial charge in [0.25, 0.3) is 0 Å². The van der Waals surface area contributed by atoms with Crippen molar-refractivity contribution in [1.82, 2.24) is 40.6 Å². The molecule has 2 aliphatic carbocycles. The van der Waals surface area contributed by atoms with Gasteiger partial charge in [0, 0.05) is 37.5 Å². The molecule has 61 heavy (non-hydrogen) atoms. The summed E-state index contributed by atoms with van der Waals surface area (Å²) in [5.74, 6) is 1.14. The number of pyridine rings is 1. The molecule has 0 spiro atoms. The number of ether oxygens (including phenoxy) is 4. The van der Waals surface area contributed by atoms with Crippen LogP contribution in [0.25, 0.3) is 10.9 Å². The van der Waals surface area contributed by atoms with Crippen LogP contribution in [0.4, 0.5) is 4.79 Å². The van der Waals surface area contributed by atoms with Gasteiger partial charge in [-0.25, -0.2) is 14.8 Å². The second-order valence-corrected chi connectivity index (χ2v) is 19.1. The number of carbonyl (C=O) groups excluding carboxylic acids is 4. The number of halogens is 1. The minimum absolute atomic E-state index is 0.0398. The smallest absolute Gasteiger partial charge is 0.407 e. The first-order valence-electron chi connectivity index (χ1n) is 21.5. The van der Waals surface area contributed by atoms with Gasteiger partial charge in [-0.1, -0.05) is 68.2 Å². The Morgan fingerprint density at radius 1 is 1.15 bits per heavy atom. The van der Waals surface area contributed by atoms with Crippen LogP contribution in [0.15, 0.2) is 37.2 Å². The highest BCUT2D eigenvalue weighted by Crippen LogP contribution is 2.38. The number of cyclic esters (lactones) is 1. The third-order valence-corrected chi connectivity index (χ3v) is 13.5. The average Bonchev–Trinajstić information content (AvgIpc) is 3.54. The first kappa shape index (κ1) is 44.4. The largest absolute Gasteiger partial charge is 0.496 e. The predicted molar refractivity (Wildman–Crippen MR) is 235 cm³/mol. The Hall–Kier alpha value is -4.68. The summed E-state index contributed by atoms with van der Waals surface area (Å²) in [5.41, 5.74) is 1.15. The van der Waals surface area contributed by atoms with Crippen LogP contribution in [0, 0.1) is 17.3 Å². The number of aryl methyl sites for hydroxylation is 2. The Kier molecular flexibility index (Phi) is 14.2. The van der Waals surface area contributed by atoms with E-state index in [0.29, 0.717) is 47.1 Å². The zero-order valence-corrected chi connectivity index (χ0v) is 37.8. The van der Waals surface area contributed by atoms with Gasteiger partial charge in [0.1, 0.15) is 42.1 Å². The third kappa shape index (κ3) is 11.2. The Labute approximate surface area is 370 Å². The Morgan fingerprint density at radius 3 is 2.64 bits per heavy atom. The van der Waals surface area contributed by atoms with Gasteiger partial charge in [0.05, 0.1) is 29.7 Å². The molecule has 7 rings (SSSR count). The van der Waals surface area contributed by atoms with E-state index in [1.54, 1.807) is 37.3 Å². The van der Waals surface area contributed by atoms with Gasteiger partial charge in [-0.05, 0) is 67.4 Å². The van der Waals surface area contributed by atoms with Crippen molar-refractivity contribution >= 4 is 57.3 Å². The summed E-state index contributed by atoms with van der Waals surface area (Å²) in [6.45, 7) is 8.77. The molecule has 5 atom stereocenters. The summed E-state index contributed by atoms with van der Waals surface area (Å²) >= 11 is 2.10. The number of aromatic nitrogens is 4. The maximum absolute atomic E-state index is 14.9. The van der Waals surface area contributed by atoms with Crippen LogP contribution < -0.4 is 30.2 Å². The minimum atomic E-state index is -1.02. The van der Waals surface area contributed by atoms with E-state index in [1.165, 1.54) is 17.7 Å². The Morgan fingerprint density at radius 2 is 1.93 bits per heavy atom. The highest BCUT2D eigenvalue weighted by atomic mass is 127. The highest BCUT2D eigenvalue weighted by Gasteiger charge is 2.46. The van der Waals surface area contributed by atoms with Crippen molar-refractivity contribution in [3.63, 3.8) is 0 Å². The second-order valence-electron chi connectivity index (χ2n) is 17.7. The molecule has 1 unspecified atom stereocenters. The van der Waals surface area contributed by atoms with E-state index in [9.17, 15) is 19.2 Å². The fraction of sp³-hybridized carbons (Fsp3) is 0.614. The third-order valence-electron chi connectivity index (χ3n) is 12.3. The van der Waals surface area contributed by atoms with Crippen LogP contribution in [0.3, 0.4) is 0 Å². The number of rotatable bonds is 13. The lowest BCUT2D eigenvalue weighted by atomic mass is 9.87. The number of alkyl carbamates (subject to hydrolysis) is 1. The van der Waals surface area contributed by atoms with Gasteiger partial charge in [-0.2, -0.15) is 5.10 Å². The summed E-state index contributed by atoms with van der Waals surface area (Å²) in [7, 11) is 3.40. The van der Waals surface area contributed by atoms with Crippen molar-refractivity contribution in [3.8, 4) is 17.4 Å². The van der Waals surface area contributed by atoms with Gasteiger partial charge >= 0.3 is 6.09 Å². The van der Waals surface area contributed by atoms with Crippen molar-refractivity contribution in [2.45, 2.75) is 119 Å². The van der Waals surface area contributed by atoms with Crippen LogP contribution in [-0.4, -0.2) is 103 Å². The monoisotopic (exact) mass is 954 g/mol. The van der Waals surface area contributed by atoms with Crippen molar-refractivity contribution in [3.05, 3.63) is 48.6 Å². The molecule has 2 aromatic heterocycles. The summed E-state index contributed by atoms with van der Waals surface area (Å²) < 4.78 is 25.8. The molecule has 3 N–H and O–H groups in total. The van der Waals surface area contributed by atoms with Crippen molar-refractivity contribution < 1.29 is 38.1 Å². The summed E-state index contributed by atoms with van der Waals surface area (Å²) in [5, 5.41) is 13.9. The number of fused-ring (bicyclic) bond motifs is 3. The van der Waals surface area contributed by atoms with Crippen LogP contribution in [-0.2, 0) is 39.2 Å². The number of hydrogen-bond donors (Lipinski definition) is 3. The van der Waals surface area contributed by atoms with E-state index in [1.807, 2.05) is 12.1 Å². The molecule has 2 saturated carbocycles. The lowest BCUT2D eigenvalue weighted by Gasteiger charge is -2.32. The van der Waals surface area contributed by atoms with E-state index in [0.717, 1.165) is 50.5 Å². The fourth-order valence-electron chi connectivity index (χ4n) is 8.65. The molecular formula is C44H59IN8O8. The van der Waals surface area contributed by atoms with Gasteiger partial charge in [0.2, 0.25) is 23.6 Å². The van der Waals surface area contributed by atoms with Gasteiger partial charge in [-0.15, -0.1) is 6.58 Å². The number of methoxy groups -OCH3 is 1. The standard InChI is InChI=1S/C44H59IN8O8/c1-6-31(45)39(41(55)46-17-15-26-13-14-26)49-40(54)33-19-29-22-53(33)42(56)38(27-10-7-8-11-27)50-43(57)60-24-44(2,3)16-9-12-28-18-30-32(20-34(28)58-5)48-37(21-35(30)61-29)59-23-36-47-25-52(4)51-36/h6,18,20-21,25-27,29,31,33,38-39H,1,7-17,19,22-24H2,2-5H3,(H,46,55)(H,49,54)(H,50,57)/t29-,31+,33+,38+,39?/m1/s1. The molecule has 1 saturated heterocycles. The van der Waals surface area contributed by atoms with E-state index >= 15 is 0 Å². The maximum Gasteiger partial charge on any atom is 0.407 e. The number of amides is 4. The molecule has 16 nitrogen and oxygen atoms in total. The first-order valence-corrected chi connectivity index (χ1v) is 22.8. The SMILES string of the molecule is C=C[C@H](I)C(NC(=O)[C@@H]1C[C@@H]2CN1C(=O)[C@H](C1CCCC1)NC(=O)OCC(C)(C)CCCc1cc3c(cc(OCc4ncn(C)n4)nc3cc1OC)O2)C(=O)NCCC1CC1. The molecule has 4 aliphatic rings. The number of hydrogen-bond acceptors (Lipinski definition) is 11. The van der Waals surface area contributed by atoms with Gasteiger partial charge < -0.3 is 39.8 Å². The number of nitrogens with one attached hydrogen (secondary N) is 3. The molecule has 2 aliphatic heterocycles. The predicted octanol–water partition coefficient (Wildman–Crippen LogP) is 5.34. The summed E-state index contributed by atoms with van der Waals surface area (Å²) in [6.07, 6.45) is 10.8. The lowest BCUT2D eigenvalue weighted by molar-refractivity contribution is -0.141. The molecule has 4 bridgehead atoms. The molecule has 3 aromatic rings. The van der Waals surface area contributed by atoms with E-state index < -0.39 is 46.1 Å². The lowest BCUT2D eigenvalue weighted by Crippen LogP contribution is -2.58. The topological polar surface area (TPSA) is 188 Å². The zero-order chi connectivity index (χ0) is 43.3. The summed E-state index contributed by atoms with van der Waals surface area (Å²) in [6, 6.07) is 2.72. The fourth-order valence-corrected chi connectivity index (χ4v) is 9.15. The molecule has 0 radical (unpaired) electrons. The van der Waals surface area contributed by atoms with Crippen molar-refractivity contribution in [2.75, 3.05) is 26.8 Å². The van der Waals surface area contributed by atoms with Crippen LogP contribution >= 0.6 is 22.6 Å². The minimum Gasteiger partial charge on any atom is -0.496 e. The molecule has 3 fully saturated rings. The van der Waals surface area contributed by atoms with Gasteiger partial charge in [-0.3, -0.25) is 19.1 Å². The van der Waals surface area contributed by atoms with E-state index in [2.05, 4.69) is 69.1 Å². The molecule has 1 aromatic carbocycles. The van der Waals surface area contributed by atoms with E-state index in [4.69, 9.17) is 23.9 Å². The number of nitrogens with zero attached hydrogens (tertiary/aromatic N) is 5. The quantitative estimate of drug-likeness (QED) is 0.114. The number of benzene rings is 1. The molecule has 4 heterocycles. The van der Waals surface area contributed by atoms with Crippen molar-refractivity contribution in [1.29, 1.82) is 0 Å². The average molecular weight is 955 g/mol. The van der Waals surface area contributed by atoms with Crippen molar-refractivity contribution in [2.24, 2.45) is 24.3 Å². The molecule has 17 heteroatoms. The number of carbonyl (C=O) groups is 4. The Bertz CT molecular complexity index is 2080. The maximum atomic E-state index is 14.9. The van der Waals surface area contributed by atoms with Gasteiger partial charge in [0.15, 0.2) is 12.4 Å². The normalized spacial score (nSPS) is 23.2. The first-order chi connectivity index (χ1) is 29.3. The molecular weight excluding hydrogens is 895 g/mol. The van der Waals surface area contributed by atoms with E-state index in [-0.39, 0.29) is 49.3 Å². The zero-order valence-electron chi connectivity index (χ0n) is 35.6. The van der Waals surface area contributed by atoms with Crippen LogP contribution in [0.1, 0.15) is 89.4 Å². The molecule has 4 amide bonds. The van der Waals surface area contributed by atoms with Crippen LogP contribution in [0.2, 0.25) is 0 Å². The number of alkyl halides is 1. The van der Waals surface area contributed by atoms with Crippen LogP contribution in [0.5, 0.6) is 17.4 Å². The molecule has 330 valence electrons. The highest BCUT2D eigenvalue weighted by molar-refractivity contribution is 14.1. The summed E-state index contributed by atoms with van der Waals surface area (Å²) in [4.78, 5) is 67.2. The second kappa shape index (κ2) is 19.6.